The zero-order chi connectivity index (χ0) is 14.8. The molecule has 22 heavy (non-hydrogen) atoms. The third-order valence-electron chi connectivity index (χ3n) is 4.27. The molecule has 2 unspecified atom stereocenters. The number of nitrogens with two attached hydrogens (primary N) is 1. The summed E-state index contributed by atoms with van der Waals surface area (Å²) in [6, 6.07) is 4.88. The van der Waals surface area contributed by atoms with E-state index in [0.29, 0.717) is 6.54 Å². The average molecular weight is 326 g/mol. The standard InChI is InChI=1S/C16H20FN3O.ClH/c17-12-2-4-14-11(9-20-15(14)8-12)5-6-19-16(21)10-1-3-13(18)7-10;/h2,4,8-10,13,20H,1,3,5-7,18H2,(H,19,21);1H. The van der Waals surface area contributed by atoms with Gasteiger partial charge in [0.15, 0.2) is 0 Å². The lowest BCUT2D eigenvalue weighted by Gasteiger charge is -2.10. The molecule has 1 aromatic carbocycles. The number of halogens is 2. The first-order valence-electron chi connectivity index (χ1n) is 7.42. The van der Waals surface area contributed by atoms with Gasteiger partial charge in [0.05, 0.1) is 0 Å². The number of amides is 1. The van der Waals surface area contributed by atoms with Crippen molar-refractivity contribution in [1.82, 2.24) is 10.3 Å². The zero-order valence-electron chi connectivity index (χ0n) is 12.3. The molecule has 0 aliphatic heterocycles. The van der Waals surface area contributed by atoms with E-state index in [-0.39, 0.29) is 36.1 Å². The number of aromatic amines is 1. The molecular formula is C16H21ClFN3O. The van der Waals surface area contributed by atoms with Gasteiger partial charge in [-0.15, -0.1) is 12.4 Å². The number of benzene rings is 1. The summed E-state index contributed by atoms with van der Waals surface area (Å²) in [6.07, 6.45) is 5.22. The summed E-state index contributed by atoms with van der Waals surface area (Å²) in [6.45, 7) is 0.592. The van der Waals surface area contributed by atoms with Crippen molar-refractivity contribution >= 4 is 29.2 Å². The molecule has 4 N–H and O–H groups in total. The number of rotatable bonds is 4. The fourth-order valence-electron chi connectivity index (χ4n) is 3.08. The molecule has 2 aromatic rings. The second kappa shape index (κ2) is 7.11. The fourth-order valence-corrected chi connectivity index (χ4v) is 3.08. The van der Waals surface area contributed by atoms with E-state index in [0.717, 1.165) is 42.1 Å². The molecule has 1 saturated carbocycles. The maximum atomic E-state index is 13.1. The van der Waals surface area contributed by atoms with Gasteiger partial charge in [0, 0.05) is 35.6 Å². The van der Waals surface area contributed by atoms with Gasteiger partial charge in [-0.1, -0.05) is 0 Å². The summed E-state index contributed by atoms with van der Waals surface area (Å²) in [5.74, 6) is -0.0762. The van der Waals surface area contributed by atoms with Crippen LogP contribution in [0.15, 0.2) is 24.4 Å². The van der Waals surface area contributed by atoms with Gasteiger partial charge in [-0.3, -0.25) is 4.79 Å². The molecule has 0 saturated heterocycles. The van der Waals surface area contributed by atoms with Crippen LogP contribution >= 0.6 is 12.4 Å². The Morgan fingerprint density at radius 1 is 1.41 bits per heavy atom. The van der Waals surface area contributed by atoms with Gasteiger partial charge in [-0.05, 0) is 49.4 Å². The van der Waals surface area contributed by atoms with Gasteiger partial charge in [-0.2, -0.15) is 0 Å². The fraction of sp³-hybridized carbons (Fsp3) is 0.438. The highest BCUT2D eigenvalue weighted by Crippen LogP contribution is 2.24. The van der Waals surface area contributed by atoms with E-state index in [1.807, 2.05) is 6.20 Å². The molecule has 0 radical (unpaired) electrons. The van der Waals surface area contributed by atoms with Crippen molar-refractivity contribution in [2.75, 3.05) is 6.54 Å². The van der Waals surface area contributed by atoms with Crippen molar-refractivity contribution in [3.63, 3.8) is 0 Å². The lowest BCUT2D eigenvalue weighted by molar-refractivity contribution is -0.124. The van der Waals surface area contributed by atoms with Crippen LogP contribution in [0.2, 0.25) is 0 Å². The van der Waals surface area contributed by atoms with Crippen molar-refractivity contribution in [2.45, 2.75) is 31.7 Å². The molecule has 4 nitrogen and oxygen atoms in total. The summed E-state index contributed by atoms with van der Waals surface area (Å²) < 4.78 is 13.1. The van der Waals surface area contributed by atoms with Crippen LogP contribution in [0, 0.1) is 11.7 Å². The number of aromatic nitrogens is 1. The first-order valence-corrected chi connectivity index (χ1v) is 7.42. The van der Waals surface area contributed by atoms with E-state index >= 15 is 0 Å². The second-order valence-electron chi connectivity index (χ2n) is 5.81. The van der Waals surface area contributed by atoms with Crippen molar-refractivity contribution in [3.8, 4) is 0 Å². The van der Waals surface area contributed by atoms with E-state index in [2.05, 4.69) is 10.3 Å². The molecular weight excluding hydrogens is 305 g/mol. The quantitative estimate of drug-likeness (QED) is 0.808. The average Bonchev–Trinajstić information content (AvgIpc) is 3.05. The summed E-state index contributed by atoms with van der Waals surface area (Å²) in [4.78, 5) is 15.1. The van der Waals surface area contributed by atoms with Crippen LogP contribution in [-0.4, -0.2) is 23.5 Å². The number of hydrogen-bond acceptors (Lipinski definition) is 2. The molecule has 6 heteroatoms. The number of carbonyl (C=O) groups excluding carboxylic acids is 1. The summed E-state index contributed by atoms with van der Waals surface area (Å²) in [5, 5.41) is 3.98. The topological polar surface area (TPSA) is 70.9 Å². The highest BCUT2D eigenvalue weighted by atomic mass is 35.5. The van der Waals surface area contributed by atoms with Gasteiger partial charge in [0.1, 0.15) is 5.82 Å². The highest BCUT2D eigenvalue weighted by Gasteiger charge is 2.27. The van der Waals surface area contributed by atoms with Crippen molar-refractivity contribution in [3.05, 3.63) is 35.8 Å². The van der Waals surface area contributed by atoms with E-state index in [1.54, 1.807) is 6.07 Å². The highest BCUT2D eigenvalue weighted by molar-refractivity contribution is 5.85. The molecule has 1 heterocycles. The predicted molar refractivity (Wildman–Crippen MR) is 87.5 cm³/mol. The molecule has 1 aliphatic carbocycles. The van der Waals surface area contributed by atoms with Crippen molar-refractivity contribution in [1.29, 1.82) is 0 Å². The maximum Gasteiger partial charge on any atom is 0.223 e. The molecule has 3 rings (SSSR count). The number of H-pyrrole nitrogens is 1. The normalized spacial score (nSPS) is 20.8. The van der Waals surface area contributed by atoms with Gasteiger partial charge in [0.25, 0.3) is 0 Å². The molecule has 0 bridgehead atoms. The second-order valence-corrected chi connectivity index (χ2v) is 5.81. The van der Waals surface area contributed by atoms with Gasteiger partial charge in [0.2, 0.25) is 5.91 Å². The number of nitrogens with one attached hydrogen (secondary N) is 2. The Labute approximate surface area is 135 Å². The molecule has 0 spiro atoms. The van der Waals surface area contributed by atoms with Crippen LogP contribution in [0.3, 0.4) is 0 Å². The summed E-state index contributed by atoms with van der Waals surface area (Å²) in [5.41, 5.74) is 7.71. The van der Waals surface area contributed by atoms with Crippen LogP contribution in [0.1, 0.15) is 24.8 Å². The number of fused-ring (bicyclic) bond motifs is 1. The summed E-state index contributed by atoms with van der Waals surface area (Å²) >= 11 is 0. The Kier molecular flexibility index (Phi) is 5.42. The molecule has 1 fully saturated rings. The van der Waals surface area contributed by atoms with Crippen LogP contribution in [0.25, 0.3) is 10.9 Å². The maximum absolute atomic E-state index is 13.1. The first kappa shape index (κ1) is 16.8. The SMILES string of the molecule is Cl.NC1CCC(C(=O)NCCc2c[nH]c3cc(F)ccc23)C1. The number of carbonyl (C=O) groups is 1. The van der Waals surface area contributed by atoms with E-state index in [1.165, 1.54) is 12.1 Å². The van der Waals surface area contributed by atoms with Crippen molar-refractivity contribution in [2.24, 2.45) is 11.7 Å². The number of hydrogen-bond donors (Lipinski definition) is 3. The van der Waals surface area contributed by atoms with Crippen molar-refractivity contribution < 1.29 is 9.18 Å². The zero-order valence-corrected chi connectivity index (χ0v) is 13.1. The van der Waals surface area contributed by atoms with Crippen LogP contribution in [0.4, 0.5) is 4.39 Å². The van der Waals surface area contributed by atoms with Crippen LogP contribution in [-0.2, 0) is 11.2 Å². The molecule has 2 atom stereocenters. The Hall–Kier alpha value is -1.59. The Balaban J connectivity index is 0.00000176. The Morgan fingerprint density at radius 2 is 2.23 bits per heavy atom. The summed E-state index contributed by atoms with van der Waals surface area (Å²) in [7, 11) is 0. The smallest absolute Gasteiger partial charge is 0.223 e. The minimum atomic E-state index is -0.248. The third-order valence-corrected chi connectivity index (χ3v) is 4.27. The monoisotopic (exact) mass is 325 g/mol. The lowest BCUT2D eigenvalue weighted by atomic mass is 10.1. The first-order chi connectivity index (χ1) is 10.1. The molecule has 1 amide bonds. The largest absolute Gasteiger partial charge is 0.361 e. The van der Waals surface area contributed by atoms with Gasteiger partial charge in [-0.25, -0.2) is 4.39 Å². The van der Waals surface area contributed by atoms with E-state index in [4.69, 9.17) is 5.73 Å². The minimum absolute atomic E-state index is 0. The van der Waals surface area contributed by atoms with Crippen LogP contribution < -0.4 is 11.1 Å². The lowest BCUT2D eigenvalue weighted by Crippen LogP contribution is -2.31. The van der Waals surface area contributed by atoms with Crippen LogP contribution in [0.5, 0.6) is 0 Å². The van der Waals surface area contributed by atoms with Gasteiger partial charge < -0.3 is 16.0 Å². The van der Waals surface area contributed by atoms with E-state index in [9.17, 15) is 9.18 Å². The van der Waals surface area contributed by atoms with Gasteiger partial charge >= 0.3 is 0 Å². The third kappa shape index (κ3) is 3.59. The predicted octanol–water partition coefficient (Wildman–Crippen LogP) is 2.51. The van der Waals surface area contributed by atoms with E-state index < -0.39 is 0 Å². The minimum Gasteiger partial charge on any atom is -0.361 e. The molecule has 1 aliphatic rings. The molecule has 120 valence electrons. The molecule has 1 aromatic heterocycles. The Morgan fingerprint density at radius 3 is 2.95 bits per heavy atom. The Bertz CT molecular complexity index is 658.